The minimum absolute atomic E-state index is 0.205. The van der Waals surface area contributed by atoms with Crippen LogP contribution >= 0.6 is 0 Å². The quantitative estimate of drug-likeness (QED) is 0.595. The molecule has 1 aliphatic rings. The fraction of sp³-hybridized carbons (Fsp3) is 0.929. The van der Waals surface area contributed by atoms with Gasteiger partial charge in [-0.3, -0.25) is 4.79 Å². The van der Waals surface area contributed by atoms with Gasteiger partial charge in [-0.2, -0.15) is 0 Å². The van der Waals surface area contributed by atoms with Gasteiger partial charge in [-0.25, -0.2) is 0 Å². The summed E-state index contributed by atoms with van der Waals surface area (Å²) in [6.45, 7) is 4.61. The highest BCUT2D eigenvalue weighted by molar-refractivity contribution is 5.75. The van der Waals surface area contributed by atoms with Gasteiger partial charge >= 0.3 is 5.97 Å². The molecule has 1 rings (SSSR count). The predicted molar refractivity (Wildman–Crippen MR) is 69.6 cm³/mol. The van der Waals surface area contributed by atoms with Crippen molar-refractivity contribution in [1.82, 2.24) is 0 Å². The molecule has 0 aromatic rings. The number of hydrogen-bond donors (Lipinski definition) is 1. The van der Waals surface area contributed by atoms with Crippen LogP contribution in [-0.2, 0) is 9.53 Å². The maximum atomic E-state index is 11.7. The minimum Gasteiger partial charge on any atom is -0.464 e. The third-order valence-corrected chi connectivity index (χ3v) is 3.97. The average Bonchev–Trinajstić information content (AvgIpc) is 2.62. The molecule has 0 saturated heterocycles. The second-order valence-electron chi connectivity index (χ2n) is 5.40. The Morgan fingerprint density at radius 2 is 1.88 bits per heavy atom. The Bertz CT molecular complexity index is 222. The van der Waals surface area contributed by atoms with Crippen LogP contribution in [0.25, 0.3) is 0 Å². The summed E-state index contributed by atoms with van der Waals surface area (Å²) in [7, 11) is 0. The van der Waals surface area contributed by atoms with E-state index in [0.29, 0.717) is 12.5 Å². The molecule has 0 amide bonds. The summed E-state index contributed by atoms with van der Waals surface area (Å²) in [5.74, 6) is 0.547. The Kier molecular flexibility index (Phi) is 6.56. The highest BCUT2D eigenvalue weighted by Crippen LogP contribution is 2.23. The maximum absolute atomic E-state index is 11.7. The van der Waals surface area contributed by atoms with Crippen molar-refractivity contribution in [1.29, 1.82) is 0 Å². The lowest BCUT2D eigenvalue weighted by Crippen LogP contribution is -2.38. The Balaban J connectivity index is 2.26. The summed E-state index contributed by atoms with van der Waals surface area (Å²) >= 11 is 0. The molecular weight excluding hydrogens is 214 g/mol. The molecule has 0 aromatic carbocycles. The monoisotopic (exact) mass is 241 g/mol. The molecular formula is C14H27NO2. The summed E-state index contributed by atoms with van der Waals surface area (Å²) in [5.41, 5.74) is 5.84. The van der Waals surface area contributed by atoms with Crippen LogP contribution in [0.5, 0.6) is 0 Å². The highest BCUT2D eigenvalue weighted by Gasteiger charge is 2.22. The van der Waals surface area contributed by atoms with Crippen LogP contribution in [-0.4, -0.2) is 18.6 Å². The molecule has 0 aliphatic heterocycles. The standard InChI is InChI=1S/C14H27NO2/c1-3-11(2)13(15)14(16)17-10-12-8-6-4-5-7-9-12/h11-13H,3-10,15H2,1-2H3/t11-,13-/m0/s1. The van der Waals surface area contributed by atoms with Gasteiger partial charge in [0.05, 0.1) is 6.61 Å². The summed E-state index contributed by atoms with van der Waals surface area (Å²) in [6, 6.07) is -0.453. The van der Waals surface area contributed by atoms with Crippen molar-refractivity contribution >= 4 is 5.97 Å². The summed E-state index contributed by atoms with van der Waals surface area (Å²) < 4.78 is 5.36. The predicted octanol–water partition coefficient (Wildman–Crippen LogP) is 2.87. The number of esters is 1. The first kappa shape index (κ1) is 14.5. The first-order chi connectivity index (χ1) is 8.15. The van der Waals surface area contributed by atoms with Crippen LogP contribution in [0.3, 0.4) is 0 Å². The summed E-state index contributed by atoms with van der Waals surface area (Å²) in [6.07, 6.45) is 8.53. The first-order valence-corrected chi connectivity index (χ1v) is 7.07. The van der Waals surface area contributed by atoms with E-state index in [2.05, 4.69) is 0 Å². The normalized spacial score (nSPS) is 21.6. The molecule has 3 nitrogen and oxygen atoms in total. The number of carbonyl (C=O) groups excluding carboxylic acids is 1. The van der Waals surface area contributed by atoms with Crippen molar-refractivity contribution in [2.45, 2.75) is 64.8 Å². The van der Waals surface area contributed by atoms with E-state index >= 15 is 0 Å². The van der Waals surface area contributed by atoms with Crippen molar-refractivity contribution in [2.24, 2.45) is 17.6 Å². The molecule has 100 valence electrons. The molecule has 0 spiro atoms. The molecule has 2 atom stereocenters. The lowest BCUT2D eigenvalue weighted by atomic mass is 10.00. The van der Waals surface area contributed by atoms with Gasteiger partial charge in [-0.05, 0) is 24.7 Å². The van der Waals surface area contributed by atoms with Crippen LogP contribution in [0.2, 0.25) is 0 Å². The molecule has 2 N–H and O–H groups in total. The average molecular weight is 241 g/mol. The molecule has 17 heavy (non-hydrogen) atoms. The molecule has 1 saturated carbocycles. The number of rotatable bonds is 5. The fourth-order valence-corrected chi connectivity index (χ4v) is 2.31. The van der Waals surface area contributed by atoms with Crippen molar-refractivity contribution in [3.63, 3.8) is 0 Å². The Labute approximate surface area is 105 Å². The zero-order valence-corrected chi connectivity index (χ0v) is 11.3. The molecule has 0 aromatic heterocycles. The Morgan fingerprint density at radius 1 is 1.29 bits per heavy atom. The Hall–Kier alpha value is -0.570. The minimum atomic E-state index is -0.453. The zero-order valence-electron chi connectivity index (χ0n) is 11.3. The first-order valence-electron chi connectivity index (χ1n) is 7.07. The Morgan fingerprint density at radius 3 is 2.41 bits per heavy atom. The second-order valence-corrected chi connectivity index (χ2v) is 5.40. The number of ether oxygens (including phenoxy) is 1. The number of nitrogens with two attached hydrogens (primary N) is 1. The maximum Gasteiger partial charge on any atom is 0.323 e. The molecule has 1 fully saturated rings. The van der Waals surface area contributed by atoms with E-state index in [4.69, 9.17) is 10.5 Å². The van der Waals surface area contributed by atoms with E-state index in [0.717, 1.165) is 6.42 Å². The highest BCUT2D eigenvalue weighted by atomic mass is 16.5. The second kappa shape index (κ2) is 7.70. The largest absolute Gasteiger partial charge is 0.464 e. The van der Waals surface area contributed by atoms with E-state index < -0.39 is 6.04 Å². The zero-order chi connectivity index (χ0) is 12.7. The smallest absolute Gasteiger partial charge is 0.323 e. The third-order valence-electron chi connectivity index (χ3n) is 3.97. The SMILES string of the molecule is CC[C@H](C)[C@H](N)C(=O)OCC1CCCCCC1. The lowest BCUT2D eigenvalue weighted by Gasteiger charge is -2.19. The van der Waals surface area contributed by atoms with E-state index in [1.165, 1.54) is 38.5 Å². The van der Waals surface area contributed by atoms with Crippen LogP contribution in [0.4, 0.5) is 0 Å². The molecule has 1 aliphatic carbocycles. The van der Waals surface area contributed by atoms with Gasteiger partial charge in [0, 0.05) is 0 Å². The van der Waals surface area contributed by atoms with E-state index in [1.807, 2.05) is 13.8 Å². The van der Waals surface area contributed by atoms with Crippen molar-refractivity contribution < 1.29 is 9.53 Å². The van der Waals surface area contributed by atoms with Crippen molar-refractivity contribution in [2.75, 3.05) is 6.61 Å². The molecule has 0 bridgehead atoms. The van der Waals surface area contributed by atoms with Gasteiger partial charge in [0.1, 0.15) is 6.04 Å². The third kappa shape index (κ3) is 5.07. The molecule has 0 radical (unpaired) electrons. The van der Waals surface area contributed by atoms with E-state index in [1.54, 1.807) is 0 Å². The number of carbonyl (C=O) groups is 1. The number of hydrogen-bond acceptors (Lipinski definition) is 3. The van der Waals surface area contributed by atoms with E-state index in [9.17, 15) is 4.79 Å². The van der Waals surface area contributed by atoms with Crippen LogP contribution in [0.1, 0.15) is 58.8 Å². The molecule has 0 unspecified atom stereocenters. The molecule has 0 heterocycles. The summed E-state index contributed by atoms with van der Waals surface area (Å²) in [4.78, 5) is 11.7. The van der Waals surface area contributed by atoms with Crippen LogP contribution in [0, 0.1) is 11.8 Å². The van der Waals surface area contributed by atoms with E-state index in [-0.39, 0.29) is 11.9 Å². The van der Waals surface area contributed by atoms with Gasteiger partial charge in [0.2, 0.25) is 0 Å². The van der Waals surface area contributed by atoms with Gasteiger partial charge in [0.25, 0.3) is 0 Å². The molecule has 3 heteroatoms. The van der Waals surface area contributed by atoms with Crippen LogP contribution in [0.15, 0.2) is 0 Å². The van der Waals surface area contributed by atoms with Gasteiger partial charge < -0.3 is 10.5 Å². The lowest BCUT2D eigenvalue weighted by molar-refractivity contribution is -0.148. The summed E-state index contributed by atoms with van der Waals surface area (Å²) in [5, 5.41) is 0. The van der Waals surface area contributed by atoms with Gasteiger partial charge in [-0.15, -0.1) is 0 Å². The van der Waals surface area contributed by atoms with Gasteiger partial charge in [0.15, 0.2) is 0 Å². The van der Waals surface area contributed by atoms with Crippen molar-refractivity contribution in [3.8, 4) is 0 Å². The fourth-order valence-electron chi connectivity index (χ4n) is 2.31. The van der Waals surface area contributed by atoms with Crippen LogP contribution < -0.4 is 5.73 Å². The van der Waals surface area contributed by atoms with Crippen molar-refractivity contribution in [3.05, 3.63) is 0 Å². The van der Waals surface area contributed by atoms with Gasteiger partial charge in [-0.1, -0.05) is 46.0 Å². The topological polar surface area (TPSA) is 52.3 Å².